The number of aliphatic hydroxyl groups is 1. The zero-order chi connectivity index (χ0) is 17.2. The number of nitrogens with one attached hydrogen (secondary N) is 1. The Bertz CT molecular complexity index is 578. The first-order valence-electron chi connectivity index (χ1n) is 7.87. The van der Waals surface area contributed by atoms with Crippen molar-refractivity contribution in [1.82, 2.24) is 10.2 Å². The van der Waals surface area contributed by atoms with Crippen LogP contribution in [0.15, 0.2) is 18.2 Å². The van der Waals surface area contributed by atoms with E-state index in [1.807, 2.05) is 13.8 Å². The Morgan fingerprint density at radius 2 is 2.26 bits per heavy atom. The Hall–Kier alpha value is -1.33. The number of nitrogens with zero attached hydrogens (tertiary/aromatic N) is 1. The highest BCUT2D eigenvalue weighted by molar-refractivity contribution is 6.31. The lowest BCUT2D eigenvalue weighted by atomic mass is 9.84. The van der Waals surface area contributed by atoms with Crippen LogP contribution in [0.2, 0.25) is 5.02 Å². The zero-order valence-electron chi connectivity index (χ0n) is 13.8. The standard InChI is InChI=1S/C17H24ClFN2O2/c1-11(22)12-6-7-21(9-12)16(23)20-10-17(2,3)14-5-4-13(19)8-15(14)18/h4-5,8,11-12,22H,6-7,9-10H2,1-3H3,(H,20,23). The molecule has 23 heavy (non-hydrogen) atoms. The van der Waals surface area contributed by atoms with Crippen molar-refractivity contribution in [2.24, 2.45) is 5.92 Å². The molecule has 2 rings (SSSR count). The number of urea groups is 1. The van der Waals surface area contributed by atoms with E-state index in [0.29, 0.717) is 24.7 Å². The molecule has 1 aliphatic heterocycles. The van der Waals surface area contributed by atoms with Crippen molar-refractivity contribution in [3.63, 3.8) is 0 Å². The molecule has 1 fully saturated rings. The lowest BCUT2D eigenvalue weighted by molar-refractivity contribution is 0.129. The van der Waals surface area contributed by atoms with E-state index in [-0.39, 0.29) is 17.8 Å². The Balaban J connectivity index is 1.95. The van der Waals surface area contributed by atoms with E-state index >= 15 is 0 Å². The average Bonchev–Trinajstić information content (AvgIpc) is 2.94. The third-order valence-corrected chi connectivity index (χ3v) is 4.85. The van der Waals surface area contributed by atoms with E-state index in [0.717, 1.165) is 12.0 Å². The van der Waals surface area contributed by atoms with Crippen LogP contribution < -0.4 is 5.32 Å². The molecule has 1 saturated heterocycles. The van der Waals surface area contributed by atoms with Crippen LogP contribution in [0.1, 0.15) is 32.8 Å². The molecule has 1 heterocycles. The number of hydrogen-bond donors (Lipinski definition) is 2. The molecule has 2 N–H and O–H groups in total. The van der Waals surface area contributed by atoms with Crippen molar-refractivity contribution in [2.75, 3.05) is 19.6 Å². The summed E-state index contributed by atoms with van der Waals surface area (Å²) in [6, 6.07) is 4.18. The van der Waals surface area contributed by atoms with E-state index in [1.165, 1.54) is 12.1 Å². The van der Waals surface area contributed by atoms with E-state index in [9.17, 15) is 14.3 Å². The van der Waals surface area contributed by atoms with Gasteiger partial charge in [0, 0.05) is 36.0 Å². The predicted octanol–water partition coefficient (Wildman–Crippen LogP) is 3.17. The Labute approximate surface area is 141 Å². The maximum absolute atomic E-state index is 13.2. The minimum absolute atomic E-state index is 0.139. The fourth-order valence-electron chi connectivity index (χ4n) is 2.91. The van der Waals surface area contributed by atoms with Gasteiger partial charge < -0.3 is 15.3 Å². The summed E-state index contributed by atoms with van der Waals surface area (Å²) >= 11 is 6.12. The van der Waals surface area contributed by atoms with Gasteiger partial charge in [-0.2, -0.15) is 0 Å². The molecule has 1 aromatic carbocycles. The normalized spacial score (nSPS) is 19.7. The molecule has 4 nitrogen and oxygen atoms in total. The maximum atomic E-state index is 13.2. The fourth-order valence-corrected chi connectivity index (χ4v) is 3.33. The largest absolute Gasteiger partial charge is 0.393 e. The second-order valence-electron chi connectivity index (χ2n) is 6.90. The van der Waals surface area contributed by atoms with Gasteiger partial charge in [0.1, 0.15) is 5.82 Å². The van der Waals surface area contributed by atoms with Crippen molar-refractivity contribution < 1.29 is 14.3 Å². The molecule has 0 bridgehead atoms. The van der Waals surface area contributed by atoms with Crippen LogP contribution in [0.4, 0.5) is 9.18 Å². The Morgan fingerprint density at radius 1 is 1.57 bits per heavy atom. The molecule has 0 radical (unpaired) electrons. The summed E-state index contributed by atoms with van der Waals surface area (Å²) < 4.78 is 13.2. The van der Waals surface area contributed by atoms with Crippen LogP contribution in [-0.2, 0) is 5.41 Å². The zero-order valence-corrected chi connectivity index (χ0v) is 14.5. The first kappa shape index (κ1) is 18.0. The molecular formula is C17H24ClFN2O2. The van der Waals surface area contributed by atoms with Crippen LogP contribution in [0.25, 0.3) is 0 Å². The second kappa shape index (κ2) is 7.05. The molecule has 1 aliphatic rings. The molecule has 6 heteroatoms. The van der Waals surface area contributed by atoms with Crippen molar-refractivity contribution in [2.45, 2.75) is 38.7 Å². The minimum atomic E-state index is -0.413. The minimum Gasteiger partial charge on any atom is -0.393 e. The van der Waals surface area contributed by atoms with Gasteiger partial charge in [-0.25, -0.2) is 9.18 Å². The summed E-state index contributed by atoms with van der Waals surface area (Å²) in [5, 5.41) is 12.9. The lowest BCUT2D eigenvalue weighted by Gasteiger charge is -2.28. The number of amides is 2. The topological polar surface area (TPSA) is 52.6 Å². The highest BCUT2D eigenvalue weighted by atomic mass is 35.5. The lowest BCUT2D eigenvalue weighted by Crippen LogP contribution is -2.44. The smallest absolute Gasteiger partial charge is 0.317 e. The second-order valence-corrected chi connectivity index (χ2v) is 7.31. The van der Waals surface area contributed by atoms with Gasteiger partial charge >= 0.3 is 6.03 Å². The number of benzene rings is 1. The maximum Gasteiger partial charge on any atom is 0.317 e. The Morgan fingerprint density at radius 3 is 2.83 bits per heavy atom. The number of hydrogen-bond acceptors (Lipinski definition) is 2. The van der Waals surface area contributed by atoms with Crippen molar-refractivity contribution in [3.05, 3.63) is 34.6 Å². The molecule has 0 aromatic heterocycles. The molecular weight excluding hydrogens is 319 g/mol. The van der Waals surface area contributed by atoms with Gasteiger partial charge in [-0.15, -0.1) is 0 Å². The van der Waals surface area contributed by atoms with E-state index in [2.05, 4.69) is 5.32 Å². The van der Waals surface area contributed by atoms with E-state index in [1.54, 1.807) is 17.9 Å². The van der Waals surface area contributed by atoms with Crippen LogP contribution >= 0.6 is 11.6 Å². The van der Waals surface area contributed by atoms with Crippen molar-refractivity contribution in [3.8, 4) is 0 Å². The first-order valence-corrected chi connectivity index (χ1v) is 8.25. The van der Waals surface area contributed by atoms with Crippen molar-refractivity contribution >= 4 is 17.6 Å². The summed E-state index contributed by atoms with van der Waals surface area (Å²) in [5.74, 6) is -0.236. The summed E-state index contributed by atoms with van der Waals surface area (Å²) in [7, 11) is 0. The van der Waals surface area contributed by atoms with Crippen LogP contribution in [-0.4, -0.2) is 41.8 Å². The van der Waals surface area contributed by atoms with Crippen LogP contribution in [0.5, 0.6) is 0 Å². The third-order valence-electron chi connectivity index (χ3n) is 4.54. The van der Waals surface area contributed by atoms with Crippen LogP contribution in [0.3, 0.4) is 0 Å². The van der Waals surface area contributed by atoms with Gasteiger partial charge in [-0.05, 0) is 31.0 Å². The number of carbonyl (C=O) groups is 1. The molecule has 2 atom stereocenters. The van der Waals surface area contributed by atoms with Gasteiger partial charge in [0.2, 0.25) is 0 Å². The van der Waals surface area contributed by atoms with Gasteiger partial charge in [-0.3, -0.25) is 0 Å². The number of likely N-dealkylation sites (tertiary alicyclic amines) is 1. The monoisotopic (exact) mass is 342 g/mol. The third kappa shape index (κ3) is 4.36. The molecule has 1 aromatic rings. The Kier molecular flexibility index (Phi) is 5.53. The highest BCUT2D eigenvalue weighted by Gasteiger charge is 2.30. The van der Waals surface area contributed by atoms with Gasteiger partial charge in [-0.1, -0.05) is 31.5 Å². The molecule has 128 valence electrons. The number of rotatable bonds is 4. The summed E-state index contributed by atoms with van der Waals surface area (Å²) in [5.41, 5.74) is 0.383. The molecule has 2 unspecified atom stereocenters. The number of carbonyl (C=O) groups excluding carboxylic acids is 1. The molecule has 0 aliphatic carbocycles. The highest BCUT2D eigenvalue weighted by Crippen LogP contribution is 2.30. The van der Waals surface area contributed by atoms with E-state index in [4.69, 9.17) is 11.6 Å². The molecule has 0 spiro atoms. The van der Waals surface area contributed by atoms with Gasteiger partial charge in [0.05, 0.1) is 6.10 Å². The average molecular weight is 343 g/mol. The van der Waals surface area contributed by atoms with Crippen LogP contribution in [0, 0.1) is 11.7 Å². The summed E-state index contributed by atoms with van der Waals surface area (Å²) in [6.07, 6.45) is 0.417. The summed E-state index contributed by atoms with van der Waals surface area (Å²) in [4.78, 5) is 14.0. The van der Waals surface area contributed by atoms with Gasteiger partial charge in [0.25, 0.3) is 0 Å². The fraction of sp³-hybridized carbons (Fsp3) is 0.588. The molecule has 0 saturated carbocycles. The molecule has 2 amide bonds. The predicted molar refractivity (Wildman–Crippen MR) is 89.2 cm³/mol. The number of halogens is 2. The summed E-state index contributed by atoms with van der Waals surface area (Å²) in [6.45, 7) is 7.28. The van der Waals surface area contributed by atoms with Gasteiger partial charge in [0.15, 0.2) is 0 Å². The van der Waals surface area contributed by atoms with E-state index < -0.39 is 11.5 Å². The number of aliphatic hydroxyl groups excluding tert-OH is 1. The first-order chi connectivity index (χ1) is 10.7. The van der Waals surface area contributed by atoms with Crippen molar-refractivity contribution in [1.29, 1.82) is 0 Å². The quantitative estimate of drug-likeness (QED) is 0.883. The SMILES string of the molecule is CC(O)C1CCN(C(=O)NCC(C)(C)c2ccc(F)cc2Cl)C1.